The summed E-state index contributed by atoms with van der Waals surface area (Å²) >= 11 is 0. The topological polar surface area (TPSA) is 69.8 Å². The van der Waals surface area contributed by atoms with Crippen LogP contribution in [0.25, 0.3) is 0 Å². The summed E-state index contributed by atoms with van der Waals surface area (Å²) in [5.41, 5.74) is 1.14. The van der Waals surface area contributed by atoms with Gasteiger partial charge in [0.1, 0.15) is 17.6 Å². The Labute approximate surface area is 148 Å². The summed E-state index contributed by atoms with van der Waals surface area (Å²) in [5, 5.41) is 9.68. The minimum atomic E-state index is -0.761. The van der Waals surface area contributed by atoms with Crippen molar-refractivity contribution in [1.82, 2.24) is 14.8 Å². The van der Waals surface area contributed by atoms with Crippen LogP contribution in [0.1, 0.15) is 29.9 Å². The maximum atomic E-state index is 11.8. The van der Waals surface area contributed by atoms with Gasteiger partial charge in [-0.2, -0.15) is 0 Å². The van der Waals surface area contributed by atoms with E-state index in [1.807, 2.05) is 42.3 Å². The van der Waals surface area contributed by atoms with Crippen LogP contribution in [-0.4, -0.2) is 51.5 Å². The maximum Gasteiger partial charge on any atom is 0.320 e. The first-order valence-electron chi connectivity index (χ1n) is 8.64. The highest BCUT2D eigenvalue weighted by Gasteiger charge is 2.35. The molecule has 0 aliphatic carbocycles. The van der Waals surface area contributed by atoms with Crippen LogP contribution in [0.2, 0.25) is 0 Å². The van der Waals surface area contributed by atoms with Crippen LogP contribution in [0.4, 0.5) is 0 Å². The summed E-state index contributed by atoms with van der Waals surface area (Å²) in [6.45, 7) is 3.97. The Morgan fingerprint density at radius 3 is 2.92 bits per heavy atom. The zero-order valence-corrected chi connectivity index (χ0v) is 14.8. The first kappa shape index (κ1) is 17.6. The molecule has 6 nitrogen and oxygen atoms in total. The lowest BCUT2D eigenvalue weighted by atomic mass is 9.95. The largest absolute Gasteiger partial charge is 0.480 e. The molecule has 25 heavy (non-hydrogen) atoms. The van der Waals surface area contributed by atoms with Crippen molar-refractivity contribution in [1.29, 1.82) is 0 Å². The van der Waals surface area contributed by atoms with Crippen LogP contribution < -0.4 is 0 Å². The summed E-state index contributed by atoms with van der Waals surface area (Å²) in [4.78, 5) is 20.2. The zero-order valence-electron chi connectivity index (χ0n) is 14.8. The number of nitrogens with zero attached hydrogens (tertiary/aromatic N) is 3. The highest BCUT2D eigenvalue weighted by atomic mass is 16.4. The molecule has 1 N–H and O–H groups in total. The molecule has 0 aromatic carbocycles. The first-order valence-corrected chi connectivity index (χ1v) is 8.64. The van der Waals surface area contributed by atoms with E-state index in [-0.39, 0.29) is 6.04 Å². The molecule has 1 aliphatic rings. The lowest BCUT2D eigenvalue weighted by molar-refractivity contribution is -0.146. The van der Waals surface area contributed by atoms with Gasteiger partial charge in [-0.25, -0.2) is 0 Å². The fraction of sp³-hybridized carbons (Fsp3) is 0.474. The van der Waals surface area contributed by atoms with Crippen molar-refractivity contribution in [3.8, 4) is 0 Å². The Bertz CT molecular complexity index is 701. The quantitative estimate of drug-likeness (QED) is 0.869. The van der Waals surface area contributed by atoms with Gasteiger partial charge in [-0.15, -0.1) is 0 Å². The third-order valence-electron chi connectivity index (χ3n) is 4.90. The zero-order chi connectivity index (χ0) is 17.8. The lowest BCUT2D eigenvalue weighted by Gasteiger charge is -2.40. The van der Waals surface area contributed by atoms with Crippen LogP contribution in [-0.2, 0) is 17.9 Å². The van der Waals surface area contributed by atoms with Gasteiger partial charge in [-0.1, -0.05) is 6.07 Å². The third kappa shape index (κ3) is 4.46. The Morgan fingerprint density at radius 1 is 1.44 bits per heavy atom. The number of aliphatic carboxylic acids is 1. The molecule has 2 aromatic rings. The van der Waals surface area contributed by atoms with Gasteiger partial charge in [-0.3, -0.25) is 19.6 Å². The molecule has 2 aromatic heterocycles. The van der Waals surface area contributed by atoms with E-state index in [9.17, 15) is 9.90 Å². The van der Waals surface area contributed by atoms with Crippen molar-refractivity contribution < 1.29 is 14.3 Å². The van der Waals surface area contributed by atoms with E-state index in [4.69, 9.17) is 4.42 Å². The second kappa shape index (κ2) is 7.80. The van der Waals surface area contributed by atoms with Gasteiger partial charge in [0, 0.05) is 31.5 Å². The smallest absolute Gasteiger partial charge is 0.320 e. The highest BCUT2D eigenvalue weighted by molar-refractivity contribution is 5.73. The summed E-state index contributed by atoms with van der Waals surface area (Å²) < 4.78 is 5.62. The molecule has 134 valence electrons. The molecule has 2 atom stereocenters. The van der Waals surface area contributed by atoms with E-state index in [0.717, 1.165) is 36.6 Å². The number of furan rings is 1. The Hall–Kier alpha value is -2.18. The molecule has 6 heteroatoms. The third-order valence-corrected chi connectivity index (χ3v) is 4.90. The number of piperidine rings is 1. The van der Waals surface area contributed by atoms with E-state index in [1.165, 1.54) is 0 Å². The number of likely N-dealkylation sites (tertiary alicyclic amines) is 1. The van der Waals surface area contributed by atoms with Crippen LogP contribution in [0.15, 0.2) is 41.1 Å². The predicted octanol–water partition coefficient (Wildman–Crippen LogP) is 2.53. The fourth-order valence-corrected chi connectivity index (χ4v) is 3.52. The molecule has 0 saturated carbocycles. The fourth-order valence-electron chi connectivity index (χ4n) is 3.52. The summed E-state index contributed by atoms with van der Waals surface area (Å²) in [5.74, 6) is 0.918. The average molecular weight is 343 g/mol. The van der Waals surface area contributed by atoms with E-state index in [1.54, 1.807) is 6.20 Å². The summed E-state index contributed by atoms with van der Waals surface area (Å²) in [6.07, 6.45) is 5.18. The molecular weight excluding hydrogens is 318 g/mol. The number of hydrogen-bond donors (Lipinski definition) is 1. The van der Waals surface area contributed by atoms with Crippen LogP contribution >= 0.6 is 0 Å². The van der Waals surface area contributed by atoms with Crippen LogP contribution in [0.3, 0.4) is 0 Å². The van der Waals surface area contributed by atoms with Crippen LogP contribution in [0, 0.1) is 6.92 Å². The molecule has 0 radical (unpaired) electrons. The number of carboxylic acids is 1. The lowest BCUT2D eigenvalue weighted by Crippen LogP contribution is -2.51. The van der Waals surface area contributed by atoms with Crippen molar-refractivity contribution in [2.45, 2.75) is 44.9 Å². The molecular formula is C19H25N3O3. The highest BCUT2D eigenvalue weighted by Crippen LogP contribution is 2.25. The number of carboxylic acid groups (broad SMARTS) is 1. The monoisotopic (exact) mass is 343 g/mol. The number of pyridine rings is 1. The second-order valence-corrected chi connectivity index (χ2v) is 6.79. The molecule has 3 heterocycles. The van der Waals surface area contributed by atoms with Crippen molar-refractivity contribution in [3.63, 3.8) is 0 Å². The van der Waals surface area contributed by atoms with E-state index < -0.39 is 12.0 Å². The summed E-state index contributed by atoms with van der Waals surface area (Å²) in [6, 6.07) is 7.58. The van der Waals surface area contributed by atoms with Gasteiger partial charge in [0.15, 0.2) is 0 Å². The van der Waals surface area contributed by atoms with E-state index in [0.29, 0.717) is 13.0 Å². The molecule has 3 rings (SSSR count). The molecule has 0 spiro atoms. The standard InChI is InChI=1S/C19H25N3O3/c1-14-5-6-17(25-14)13-22-9-7-16(10-18(22)19(23)24)21(2)12-15-4-3-8-20-11-15/h3-6,8,11,16,18H,7,9-10,12-13H2,1-2H3,(H,23,24). The number of carbonyl (C=O) groups is 1. The van der Waals surface area contributed by atoms with Crippen LogP contribution in [0.5, 0.6) is 0 Å². The van der Waals surface area contributed by atoms with E-state index >= 15 is 0 Å². The van der Waals surface area contributed by atoms with Gasteiger partial charge >= 0.3 is 5.97 Å². The number of aromatic nitrogens is 1. The minimum Gasteiger partial charge on any atom is -0.480 e. The molecule has 2 unspecified atom stereocenters. The average Bonchev–Trinajstić information content (AvgIpc) is 3.00. The summed E-state index contributed by atoms with van der Waals surface area (Å²) in [7, 11) is 2.06. The van der Waals surface area contributed by atoms with Gasteiger partial charge in [0.25, 0.3) is 0 Å². The van der Waals surface area contributed by atoms with Gasteiger partial charge < -0.3 is 9.52 Å². The van der Waals surface area contributed by atoms with E-state index in [2.05, 4.69) is 16.9 Å². The van der Waals surface area contributed by atoms with Crippen molar-refractivity contribution >= 4 is 5.97 Å². The molecule has 0 amide bonds. The van der Waals surface area contributed by atoms with Crippen molar-refractivity contribution in [2.24, 2.45) is 0 Å². The maximum absolute atomic E-state index is 11.8. The Morgan fingerprint density at radius 2 is 2.28 bits per heavy atom. The molecule has 0 bridgehead atoms. The SMILES string of the molecule is Cc1ccc(CN2CCC(N(C)Cc3cccnc3)CC2C(=O)O)o1. The normalized spacial score (nSPS) is 21.6. The Balaban J connectivity index is 1.63. The molecule has 1 fully saturated rings. The van der Waals surface area contributed by atoms with Crippen molar-refractivity contribution in [2.75, 3.05) is 13.6 Å². The minimum absolute atomic E-state index is 0.246. The Kier molecular flexibility index (Phi) is 5.50. The van der Waals surface area contributed by atoms with Gasteiger partial charge in [0.05, 0.1) is 6.54 Å². The number of rotatable bonds is 6. The predicted molar refractivity (Wildman–Crippen MR) is 94.0 cm³/mol. The number of aryl methyl sites for hydroxylation is 1. The molecule has 1 aliphatic heterocycles. The number of hydrogen-bond acceptors (Lipinski definition) is 5. The first-order chi connectivity index (χ1) is 12.0. The van der Waals surface area contributed by atoms with Gasteiger partial charge in [-0.05, 0) is 50.6 Å². The second-order valence-electron chi connectivity index (χ2n) is 6.79. The van der Waals surface area contributed by atoms with Crippen molar-refractivity contribution in [3.05, 3.63) is 53.7 Å². The molecule has 1 saturated heterocycles. The van der Waals surface area contributed by atoms with Gasteiger partial charge in [0.2, 0.25) is 0 Å².